The van der Waals surface area contributed by atoms with Crippen molar-refractivity contribution in [3.8, 4) is 11.5 Å². The molecule has 2 rings (SSSR count). The molecule has 0 unspecified atom stereocenters. The van der Waals surface area contributed by atoms with Crippen LogP contribution in [0.1, 0.15) is 16.7 Å². The van der Waals surface area contributed by atoms with E-state index in [9.17, 15) is 13.2 Å². The van der Waals surface area contributed by atoms with Gasteiger partial charge in [0, 0.05) is 20.1 Å². The van der Waals surface area contributed by atoms with Crippen molar-refractivity contribution in [3.05, 3.63) is 59.2 Å². The average Bonchev–Trinajstić information content (AvgIpc) is 2.67. The topological polar surface area (TPSA) is 54.9 Å². The Morgan fingerprint density at radius 3 is 2.39 bits per heavy atom. The molecule has 2 aromatic carbocycles. The fraction of sp³-hybridized carbons (Fsp3) is 0.350. The summed E-state index contributed by atoms with van der Waals surface area (Å²) >= 11 is 0. The maximum absolute atomic E-state index is 12.3. The Morgan fingerprint density at radius 2 is 1.75 bits per heavy atom. The van der Waals surface area contributed by atoms with Crippen LogP contribution in [0.25, 0.3) is 0 Å². The molecular weight excluding hydrogens is 371 g/mol. The minimum absolute atomic E-state index is 0.0469. The number of halogens is 3. The van der Waals surface area contributed by atoms with Crippen molar-refractivity contribution < 1.29 is 22.6 Å². The van der Waals surface area contributed by atoms with Crippen LogP contribution in [0.5, 0.6) is 11.5 Å². The predicted octanol–water partition coefficient (Wildman–Crippen LogP) is 3.81. The number of alkyl halides is 3. The Balaban J connectivity index is 1.94. The van der Waals surface area contributed by atoms with Crippen LogP contribution in [-0.4, -0.2) is 32.9 Å². The Labute approximate surface area is 162 Å². The third kappa shape index (κ3) is 6.68. The number of ether oxygens (including phenoxy) is 2. The smallest absolute Gasteiger partial charge is 0.422 e. The Morgan fingerprint density at radius 1 is 1.04 bits per heavy atom. The summed E-state index contributed by atoms with van der Waals surface area (Å²) in [7, 11) is 3.05. The van der Waals surface area contributed by atoms with Crippen molar-refractivity contribution >= 4 is 5.96 Å². The van der Waals surface area contributed by atoms with Crippen LogP contribution in [0.15, 0.2) is 47.5 Å². The van der Waals surface area contributed by atoms with E-state index in [0.717, 1.165) is 5.56 Å². The number of aliphatic imine (C=N–C) groups is 1. The van der Waals surface area contributed by atoms with E-state index in [0.29, 0.717) is 19.0 Å². The predicted molar refractivity (Wildman–Crippen MR) is 103 cm³/mol. The summed E-state index contributed by atoms with van der Waals surface area (Å²) in [6, 6.07) is 12.8. The lowest BCUT2D eigenvalue weighted by molar-refractivity contribution is -0.153. The Bertz CT molecular complexity index is 808. The molecule has 28 heavy (non-hydrogen) atoms. The molecular formula is C20H24F3N3O2. The van der Waals surface area contributed by atoms with Crippen LogP contribution in [0.4, 0.5) is 13.2 Å². The number of aryl methyl sites for hydroxylation is 1. The quantitative estimate of drug-likeness (QED) is 0.553. The molecule has 0 aliphatic heterocycles. The molecule has 8 heteroatoms. The van der Waals surface area contributed by atoms with Gasteiger partial charge in [-0.3, -0.25) is 4.99 Å². The van der Waals surface area contributed by atoms with Crippen LogP contribution in [-0.2, 0) is 13.1 Å². The van der Waals surface area contributed by atoms with Crippen LogP contribution in [0, 0.1) is 6.92 Å². The van der Waals surface area contributed by atoms with E-state index in [1.165, 1.54) is 24.3 Å². The Kier molecular flexibility index (Phi) is 7.54. The zero-order valence-corrected chi connectivity index (χ0v) is 16.1. The first-order chi connectivity index (χ1) is 13.3. The highest BCUT2D eigenvalue weighted by molar-refractivity contribution is 5.79. The van der Waals surface area contributed by atoms with Gasteiger partial charge in [-0.05, 0) is 35.7 Å². The molecule has 0 saturated heterocycles. The molecule has 0 aromatic heterocycles. The second-order valence-electron chi connectivity index (χ2n) is 6.09. The molecule has 0 amide bonds. The zero-order chi connectivity index (χ0) is 20.6. The van der Waals surface area contributed by atoms with Gasteiger partial charge in [0.25, 0.3) is 0 Å². The van der Waals surface area contributed by atoms with E-state index in [1.54, 1.807) is 19.2 Å². The lowest BCUT2D eigenvalue weighted by atomic mass is 10.1. The van der Waals surface area contributed by atoms with Gasteiger partial charge in [-0.1, -0.05) is 30.3 Å². The van der Waals surface area contributed by atoms with Gasteiger partial charge < -0.3 is 20.1 Å². The molecule has 2 aromatic rings. The van der Waals surface area contributed by atoms with Crippen molar-refractivity contribution in [1.29, 1.82) is 0 Å². The summed E-state index contributed by atoms with van der Waals surface area (Å²) < 4.78 is 46.9. The van der Waals surface area contributed by atoms with Gasteiger partial charge in [0.15, 0.2) is 24.1 Å². The largest absolute Gasteiger partial charge is 0.493 e. The third-order valence-electron chi connectivity index (χ3n) is 4.01. The minimum Gasteiger partial charge on any atom is -0.493 e. The summed E-state index contributed by atoms with van der Waals surface area (Å²) in [6.07, 6.45) is -4.40. The number of hydrogen-bond acceptors (Lipinski definition) is 3. The van der Waals surface area contributed by atoms with Gasteiger partial charge in [-0.15, -0.1) is 0 Å². The standard InChI is InChI=1S/C20H24F3N3O2/c1-14-6-4-5-7-16(14)12-26-19(24-2)25-11-15-8-9-17(18(10-15)27-3)28-13-20(21,22)23/h4-10H,11-13H2,1-3H3,(H2,24,25,26). The molecule has 0 fully saturated rings. The van der Waals surface area contributed by atoms with Crippen LogP contribution >= 0.6 is 0 Å². The number of nitrogens with one attached hydrogen (secondary N) is 2. The highest BCUT2D eigenvalue weighted by Gasteiger charge is 2.29. The fourth-order valence-electron chi connectivity index (χ4n) is 2.49. The van der Waals surface area contributed by atoms with Crippen molar-refractivity contribution in [2.75, 3.05) is 20.8 Å². The van der Waals surface area contributed by atoms with Crippen LogP contribution in [0.2, 0.25) is 0 Å². The average molecular weight is 395 g/mol. The molecule has 2 N–H and O–H groups in total. The van der Waals surface area contributed by atoms with Gasteiger partial charge in [-0.2, -0.15) is 13.2 Å². The first kappa shape index (κ1) is 21.4. The fourth-order valence-corrected chi connectivity index (χ4v) is 2.49. The SMILES string of the molecule is CN=C(NCc1ccc(OCC(F)(F)F)c(OC)c1)NCc1ccccc1C. The van der Waals surface area contributed by atoms with E-state index in [-0.39, 0.29) is 11.5 Å². The summed E-state index contributed by atoms with van der Waals surface area (Å²) in [5.74, 6) is 0.900. The van der Waals surface area contributed by atoms with Crippen molar-refractivity contribution in [3.63, 3.8) is 0 Å². The van der Waals surface area contributed by atoms with Crippen LogP contribution in [0.3, 0.4) is 0 Å². The second-order valence-corrected chi connectivity index (χ2v) is 6.09. The van der Waals surface area contributed by atoms with Gasteiger partial charge in [0.05, 0.1) is 7.11 Å². The first-order valence-electron chi connectivity index (χ1n) is 8.68. The maximum Gasteiger partial charge on any atom is 0.422 e. The highest BCUT2D eigenvalue weighted by atomic mass is 19.4. The monoisotopic (exact) mass is 395 g/mol. The van der Waals surface area contributed by atoms with Gasteiger partial charge in [-0.25, -0.2) is 0 Å². The molecule has 0 saturated carbocycles. The lowest BCUT2D eigenvalue weighted by Crippen LogP contribution is -2.36. The second kappa shape index (κ2) is 9.87. The molecule has 0 aliphatic rings. The third-order valence-corrected chi connectivity index (χ3v) is 4.01. The van der Waals surface area contributed by atoms with Crippen LogP contribution < -0.4 is 20.1 Å². The van der Waals surface area contributed by atoms with Gasteiger partial charge in [0.1, 0.15) is 0 Å². The Hall–Kier alpha value is -2.90. The number of methoxy groups -OCH3 is 1. The first-order valence-corrected chi connectivity index (χ1v) is 8.68. The van der Waals surface area contributed by atoms with Crippen molar-refractivity contribution in [2.45, 2.75) is 26.2 Å². The van der Waals surface area contributed by atoms with E-state index >= 15 is 0 Å². The van der Waals surface area contributed by atoms with Gasteiger partial charge >= 0.3 is 6.18 Å². The molecule has 152 valence electrons. The molecule has 0 radical (unpaired) electrons. The van der Waals surface area contributed by atoms with Crippen molar-refractivity contribution in [2.24, 2.45) is 4.99 Å². The molecule has 0 heterocycles. The van der Waals surface area contributed by atoms with E-state index in [4.69, 9.17) is 9.47 Å². The number of nitrogens with zero attached hydrogens (tertiary/aromatic N) is 1. The molecule has 0 atom stereocenters. The minimum atomic E-state index is -4.40. The summed E-state index contributed by atoms with van der Waals surface area (Å²) in [4.78, 5) is 4.18. The maximum atomic E-state index is 12.3. The van der Waals surface area contributed by atoms with E-state index < -0.39 is 12.8 Å². The molecule has 5 nitrogen and oxygen atoms in total. The molecule has 0 spiro atoms. The highest BCUT2D eigenvalue weighted by Crippen LogP contribution is 2.29. The van der Waals surface area contributed by atoms with Gasteiger partial charge in [0.2, 0.25) is 0 Å². The molecule has 0 aliphatic carbocycles. The van der Waals surface area contributed by atoms with Crippen molar-refractivity contribution in [1.82, 2.24) is 10.6 Å². The normalized spacial score (nSPS) is 11.9. The van der Waals surface area contributed by atoms with E-state index in [2.05, 4.69) is 15.6 Å². The zero-order valence-electron chi connectivity index (χ0n) is 16.1. The lowest BCUT2D eigenvalue weighted by Gasteiger charge is -2.15. The molecule has 0 bridgehead atoms. The number of hydrogen-bond donors (Lipinski definition) is 2. The summed E-state index contributed by atoms with van der Waals surface area (Å²) in [5.41, 5.74) is 3.16. The number of guanidine groups is 1. The number of benzene rings is 2. The van der Waals surface area contributed by atoms with E-state index in [1.807, 2.05) is 31.2 Å². The summed E-state index contributed by atoms with van der Waals surface area (Å²) in [6.45, 7) is 1.72. The number of rotatable bonds is 7. The summed E-state index contributed by atoms with van der Waals surface area (Å²) in [5, 5.41) is 6.40.